The van der Waals surface area contributed by atoms with Crippen LogP contribution in [0.25, 0.3) is 0 Å². The zero-order chi connectivity index (χ0) is 15.6. The minimum Gasteiger partial charge on any atom is -0.337 e. The monoisotopic (exact) mass is 288 g/mol. The number of carbonyl (C=O) groups excluding carboxylic acids is 1. The fraction of sp³-hybridized carbons (Fsp3) is 0.286. The first-order chi connectivity index (χ1) is 9.90. The van der Waals surface area contributed by atoms with Gasteiger partial charge in [-0.2, -0.15) is 5.10 Å². The number of aryl methyl sites for hydroxylation is 1. The van der Waals surface area contributed by atoms with E-state index in [4.69, 9.17) is 0 Å². The average molecular weight is 288 g/mol. The van der Waals surface area contributed by atoms with Gasteiger partial charge in [0.1, 0.15) is 0 Å². The molecule has 0 fully saturated rings. The predicted molar refractivity (Wildman–Crippen MR) is 76.8 cm³/mol. The number of nitrogens with zero attached hydrogens (tertiary/aromatic N) is 4. The van der Waals surface area contributed by atoms with Crippen LogP contribution in [0.5, 0.6) is 0 Å². The van der Waals surface area contributed by atoms with Gasteiger partial charge in [0.25, 0.3) is 11.6 Å². The zero-order valence-corrected chi connectivity index (χ0v) is 12.1. The van der Waals surface area contributed by atoms with Gasteiger partial charge < -0.3 is 4.90 Å². The van der Waals surface area contributed by atoms with Crippen LogP contribution >= 0.6 is 0 Å². The molecular formula is C14H16N4O3. The Kier molecular flexibility index (Phi) is 4.02. The quantitative estimate of drug-likeness (QED) is 0.635. The van der Waals surface area contributed by atoms with Gasteiger partial charge in [0.05, 0.1) is 16.7 Å². The number of aromatic nitrogens is 2. The van der Waals surface area contributed by atoms with E-state index in [0.29, 0.717) is 17.7 Å². The second kappa shape index (κ2) is 5.74. The molecule has 7 nitrogen and oxygen atoms in total. The lowest BCUT2D eigenvalue weighted by Crippen LogP contribution is -2.26. The van der Waals surface area contributed by atoms with Gasteiger partial charge in [0.2, 0.25) is 0 Å². The molecule has 0 saturated carbocycles. The van der Waals surface area contributed by atoms with Crippen molar-refractivity contribution in [3.05, 3.63) is 57.4 Å². The second-order valence-corrected chi connectivity index (χ2v) is 4.86. The SMILES string of the molecule is Cc1c(C(=O)N(C)Cc2cccc([N+](=O)[O-])c2)cnn1C. The summed E-state index contributed by atoms with van der Waals surface area (Å²) < 4.78 is 1.63. The Bertz CT molecular complexity index is 693. The van der Waals surface area contributed by atoms with Crippen molar-refractivity contribution < 1.29 is 9.72 Å². The van der Waals surface area contributed by atoms with Crippen molar-refractivity contribution in [1.82, 2.24) is 14.7 Å². The molecule has 21 heavy (non-hydrogen) atoms. The zero-order valence-electron chi connectivity index (χ0n) is 12.1. The van der Waals surface area contributed by atoms with Gasteiger partial charge in [0.15, 0.2) is 0 Å². The molecule has 0 radical (unpaired) electrons. The summed E-state index contributed by atoms with van der Waals surface area (Å²) >= 11 is 0. The van der Waals surface area contributed by atoms with E-state index < -0.39 is 4.92 Å². The number of benzene rings is 1. The van der Waals surface area contributed by atoms with E-state index in [1.807, 2.05) is 6.92 Å². The standard InChI is InChI=1S/C14H16N4O3/c1-10-13(8-15-17(10)3)14(19)16(2)9-11-5-4-6-12(7-11)18(20)21/h4-8H,9H2,1-3H3. The number of nitro benzene ring substituents is 1. The average Bonchev–Trinajstić information content (AvgIpc) is 2.78. The Labute approximate surface area is 121 Å². The van der Waals surface area contributed by atoms with Crippen LogP contribution in [0.3, 0.4) is 0 Å². The third-order valence-corrected chi connectivity index (χ3v) is 3.35. The summed E-state index contributed by atoms with van der Waals surface area (Å²) in [4.78, 5) is 24.2. The van der Waals surface area contributed by atoms with Crippen LogP contribution < -0.4 is 0 Å². The first kappa shape index (κ1) is 14.7. The van der Waals surface area contributed by atoms with E-state index in [2.05, 4.69) is 5.10 Å². The summed E-state index contributed by atoms with van der Waals surface area (Å²) in [6.45, 7) is 2.12. The Balaban J connectivity index is 2.16. The number of amides is 1. The fourth-order valence-electron chi connectivity index (χ4n) is 2.03. The third kappa shape index (κ3) is 3.07. The summed E-state index contributed by atoms with van der Waals surface area (Å²) in [6, 6.07) is 6.27. The highest BCUT2D eigenvalue weighted by atomic mass is 16.6. The van der Waals surface area contributed by atoms with Crippen molar-refractivity contribution in [3.63, 3.8) is 0 Å². The van der Waals surface area contributed by atoms with E-state index in [9.17, 15) is 14.9 Å². The molecule has 2 rings (SSSR count). The number of nitro groups is 1. The summed E-state index contributed by atoms with van der Waals surface area (Å²) in [6.07, 6.45) is 1.53. The van der Waals surface area contributed by atoms with E-state index in [0.717, 1.165) is 5.69 Å². The third-order valence-electron chi connectivity index (χ3n) is 3.35. The van der Waals surface area contributed by atoms with Crippen LogP contribution in [0.1, 0.15) is 21.6 Å². The van der Waals surface area contributed by atoms with Crippen molar-refractivity contribution in [1.29, 1.82) is 0 Å². The summed E-state index contributed by atoms with van der Waals surface area (Å²) in [7, 11) is 3.43. The number of carbonyl (C=O) groups is 1. The highest BCUT2D eigenvalue weighted by molar-refractivity contribution is 5.94. The molecule has 1 aromatic heterocycles. The lowest BCUT2D eigenvalue weighted by Gasteiger charge is -2.17. The molecule has 2 aromatic rings. The molecule has 7 heteroatoms. The molecule has 0 aliphatic heterocycles. The van der Waals surface area contributed by atoms with Crippen molar-refractivity contribution in [2.45, 2.75) is 13.5 Å². The molecule has 0 bridgehead atoms. The lowest BCUT2D eigenvalue weighted by molar-refractivity contribution is -0.384. The smallest absolute Gasteiger partial charge is 0.269 e. The van der Waals surface area contributed by atoms with Gasteiger partial charge in [-0.15, -0.1) is 0 Å². The van der Waals surface area contributed by atoms with Gasteiger partial charge >= 0.3 is 0 Å². The molecular weight excluding hydrogens is 272 g/mol. The molecule has 0 atom stereocenters. The van der Waals surface area contributed by atoms with Gasteiger partial charge in [0, 0.05) is 38.5 Å². The molecule has 1 heterocycles. The first-order valence-electron chi connectivity index (χ1n) is 6.37. The number of rotatable bonds is 4. The molecule has 1 aromatic carbocycles. The van der Waals surface area contributed by atoms with Crippen LogP contribution in [0.2, 0.25) is 0 Å². The van der Waals surface area contributed by atoms with Crippen LogP contribution in [-0.4, -0.2) is 32.6 Å². The Morgan fingerprint density at radius 2 is 2.19 bits per heavy atom. The van der Waals surface area contributed by atoms with Gasteiger partial charge in [-0.1, -0.05) is 12.1 Å². The number of non-ortho nitro benzene ring substituents is 1. The van der Waals surface area contributed by atoms with Crippen LogP contribution in [0.15, 0.2) is 30.5 Å². The number of hydrogen-bond donors (Lipinski definition) is 0. The molecule has 0 N–H and O–H groups in total. The lowest BCUT2D eigenvalue weighted by atomic mass is 10.1. The maximum Gasteiger partial charge on any atom is 0.269 e. The summed E-state index contributed by atoms with van der Waals surface area (Å²) in [5, 5.41) is 14.8. The molecule has 0 spiro atoms. The highest BCUT2D eigenvalue weighted by Gasteiger charge is 2.17. The largest absolute Gasteiger partial charge is 0.337 e. The first-order valence-corrected chi connectivity index (χ1v) is 6.37. The number of hydrogen-bond acceptors (Lipinski definition) is 4. The maximum atomic E-state index is 12.3. The normalized spacial score (nSPS) is 10.4. The molecule has 0 aliphatic carbocycles. The highest BCUT2D eigenvalue weighted by Crippen LogP contribution is 2.16. The predicted octanol–water partition coefficient (Wildman–Crippen LogP) is 1.91. The Hall–Kier alpha value is -2.70. The van der Waals surface area contributed by atoms with E-state index in [1.165, 1.54) is 23.2 Å². The maximum absolute atomic E-state index is 12.3. The van der Waals surface area contributed by atoms with Crippen LogP contribution in [-0.2, 0) is 13.6 Å². The van der Waals surface area contributed by atoms with Crippen molar-refractivity contribution in [2.24, 2.45) is 7.05 Å². The Morgan fingerprint density at radius 1 is 1.48 bits per heavy atom. The minimum absolute atomic E-state index is 0.0194. The molecule has 0 unspecified atom stereocenters. The van der Waals surface area contributed by atoms with Crippen LogP contribution in [0, 0.1) is 17.0 Å². The van der Waals surface area contributed by atoms with Gasteiger partial charge in [-0.25, -0.2) is 0 Å². The second-order valence-electron chi connectivity index (χ2n) is 4.86. The van der Waals surface area contributed by atoms with E-state index in [-0.39, 0.29) is 11.6 Å². The molecule has 0 aliphatic rings. The summed E-state index contributed by atoms with van der Waals surface area (Å²) in [5.41, 5.74) is 2.05. The topological polar surface area (TPSA) is 81.3 Å². The summed E-state index contributed by atoms with van der Waals surface area (Å²) in [5.74, 6) is -0.160. The molecule has 110 valence electrons. The minimum atomic E-state index is -0.448. The molecule has 1 amide bonds. The van der Waals surface area contributed by atoms with Crippen LogP contribution in [0.4, 0.5) is 5.69 Å². The van der Waals surface area contributed by atoms with Crippen molar-refractivity contribution in [2.75, 3.05) is 7.05 Å². The van der Waals surface area contributed by atoms with Gasteiger partial charge in [-0.3, -0.25) is 19.6 Å². The van der Waals surface area contributed by atoms with E-state index >= 15 is 0 Å². The van der Waals surface area contributed by atoms with Gasteiger partial charge in [-0.05, 0) is 12.5 Å². The molecule has 0 saturated heterocycles. The van der Waals surface area contributed by atoms with Crippen molar-refractivity contribution in [3.8, 4) is 0 Å². The van der Waals surface area contributed by atoms with Crippen molar-refractivity contribution >= 4 is 11.6 Å². The Morgan fingerprint density at radius 3 is 2.76 bits per heavy atom. The van der Waals surface area contributed by atoms with E-state index in [1.54, 1.807) is 30.9 Å². The fourth-order valence-corrected chi connectivity index (χ4v) is 2.03.